The summed E-state index contributed by atoms with van der Waals surface area (Å²) in [5.74, 6) is -0.745. The number of carbonyl (C=O) groups is 1. The van der Waals surface area contributed by atoms with Crippen LogP contribution in [0.25, 0.3) is 0 Å². The minimum Gasteiger partial charge on any atom is -0.481 e. The van der Waals surface area contributed by atoms with Gasteiger partial charge in [-0.15, -0.1) is 0 Å². The van der Waals surface area contributed by atoms with Gasteiger partial charge in [-0.05, 0) is 14.1 Å². The molecule has 4 heteroatoms. The molecular formula is C5H16N2O2. The molecule has 0 aromatic heterocycles. The van der Waals surface area contributed by atoms with Gasteiger partial charge in [0, 0.05) is 6.42 Å². The highest BCUT2D eigenvalue weighted by molar-refractivity contribution is 5.66. The van der Waals surface area contributed by atoms with E-state index in [0.29, 0.717) is 0 Å². The molecule has 0 saturated carbocycles. The smallest absolute Gasteiger partial charge is 0.303 e. The Hall–Kier alpha value is -0.610. The van der Waals surface area contributed by atoms with Crippen molar-refractivity contribution in [2.24, 2.45) is 0 Å². The van der Waals surface area contributed by atoms with Crippen LogP contribution < -0.4 is 11.5 Å². The van der Waals surface area contributed by atoms with Crippen LogP contribution in [-0.2, 0) is 4.79 Å². The minimum absolute atomic E-state index is 0. The predicted molar refractivity (Wildman–Crippen MR) is 37.9 cm³/mol. The molecule has 5 N–H and O–H groups in total. The van der Waals surface area contributed by atoms with Crippen molar-refractivity contribution in [3.63, 3.8) is 0 Å². The van der Waals surface area contributed by atoms with Gasteiger partial charge in [-0.3, -0.25) is 4.79 Å². The van der Waals surface area contributed by atoms with Crippen LogP contribution in [0.4, 0.5) is 0 Å². The Balaban J connectivity index is -0.0000000800. The first-order chi connectivity index (χ1) is 3.68. The molecule has 9 heavy (non-hydrogen) atoms. The van der Waals surface area contributed by atoms with Crippen LogP contribution in [0, 0.1) is 0 Å². The second kappa shape index (κ2) is 15.7. The maximum absolute atomic E-state index is 9.37. The second-order valence-electron chi connectivity index (χ2n) is 1.25. The van der Waals surface area contributed by atoms with E-state index in [2.05, 4.69) is 5.32 Å². The highest BCUT2D eigenvalue weighted by atomic mass is 16.4. The molecule has 0 bridgehead atoms. The molecule has 0 aromatic carbocycles. The standard InChI is InChI=1S/C3H6O2.C2H7N.H3N/c1-2-3(4)5;1-3-2;/h2H2,1H3,(H,4,5);3H,1-2H3;1H3. The summed E-state index contributed by atoms with van der Waals surface area (Å²) in [6.07, 6.45) is 0.222. The van der Waals surface area contributed by atoms with Crippen molar-refractivity contribution in [2.45, 2.75) is 13.3 Å². The molecular weight excluding hydrogens is 120 g/mol. The van der Waals surface area contributed by atoms with Gasteiger partial charge in [0.1, 0.15) is 0 Å². The van der Waals surface area contributed by atoms with E-state index in [1.54, 1.807) is 6.92 Å². The maximum Gasteiger partial charge on any atom is 0.303 e. The predicted octanol–water partition coefficient (Wildman–Crippen LogP) is 0.479. The van der Waals surface area contributed by atoms with E-state index >= 15 is 0 Å². The number of hydrogen-bond acceptors (Lipinski definition) is 3. The van der Waals surface area contributed by atoms with Crippen molar-refractivity contribution >= 4 is 5.97 Å². The monoisotopic (exact) mass is 136 g/mol. The number of nitrogens with one attached hydrogen (secondary N) is 1. The van der Waals surface area contributed by atoms with Gasteiger partial charge in [0.2, 0.25) is 0 Å². The Kier molecular flexibility index (Phi) is 27.4. The molecule has 0 fully saturated rings. The fourth-order valence-corrected chi connectivity index (χ4v) is 0. The lowest BCUT2D eigenvalue weighted by molar-refractivity contribution is -0.136. The van der Waals surface area contributed by atoms with Gasteiger partial charge < -0.3 is 16.6 Å². The van der Waals surface area contributed by atoms with Gasteiger partial charge >= 0.3 is 5.97 Å². The van der Waals surface area contributed by atoms with Crippen LogP contribution >= 0.6 is 0 Å². The van der Waals surface area contributed by atoms with Crippen molar-refractivity contribution in [3.8, 4) is 0 Å². The van der Waals surface area contributed by atoms with Crippen LogP contribution in [0.15, 0.2) is 0 Å². The lowest BCUT2D eigenvalue weighted by Crippen LogP contribution is -1.89. The summed E-state index contributed by atoms with van der Waals surface area (Å²) in [5.41, 5.74) is 0. The van der Waals surface area contributed by atoms with Gasteiger partial charge in [0.15, 0.2) is 0 Å². The maximum atomic E-state index is 9.37. The second-order valence-corrected chi connectivity index (χ2v) is 1.25. The SMILES string of the molecule is CCC(=O)O.CNC.N. The van der Waals surface area contributed by atoms with Crippen LogP contribution in [0.1, 0.15) is 13.3 Å². The largest absolute Gasteiger partial charge is 0.481 e. The Labute approximate surface area is 55.8 Å². The molecule has 0 amide bonds. The van der Waals surface area contributed by atoms with Gasteiger partial charge in [0.25, 0.3) is 0 Å². The molecule has 0 aliphatic heterocycles. The zero-order chi connectivity index (χ0) is 6.99. The molecule has 0 aliphatic carbocycles. The third-order valence-corrected chi connectivity index (χ3v) is 0.302. The van der Waals surface area contributed by atoms with E-state index in [4.69, 9.17) is 5.11 Å². The van der Waals surface area contributed by atoms with Crippen molar-refractivity contribution < 1.29 is 9.90 Å². The van der Waals surface area contributed by atoms with E-state index in [9.17, 15) is 4.79 Å². The molecule has 0 heterocycles. The van der Waals surface area contributed by atoms with E-state index in [1.165, 1.54) is 0 Å². The Morgan fingerprint density at radius 1 is 1.56 bits per heavy atom. The Bertz CT molecular complexity index is 56.9. The first-order valence-corrected chi connectivity index (χ1v) is 2.49. The molecule has 0 radical (unpaired) electrons. The summed E-state index contributed by atoms with van der Waals surface area (Å²) in [5, 5.41) is 10.5. The molecule has 0 rings (SSSR count). The summed E-state index contributed by atoms with van der Waals surface area (Å²) in [6, 6.07) is 0. The van der Waals surface area contributed by atoms with Crippen LogP contribution in [0.3, 0.4) is 0 Å². The van der Waals surface area contributed by atoms with E-state index in [0.717, 1.165) is 0 Å². The van der Waals surface area contributed by atoms with Gasteiger partial charge in [-0.25, -0.2) is 0 Å². The van der Waals surface area contributed by atoms with Gasteiger partial charge in [-0.1, -0.05) is 6.92 Å². The molecule has 0 atom stereocenters. The average Bonchev–Trinajstić information content (AvgIpc) is 1.69. The number of rotatable bonds is 1. The summed E-state index contributed by atoms with van der Waals surface area (Å²) >= 11 is 0. The Morgan fingerprint density at radius 2 is 1.67 bits per heavy atom. The first-order valence-electron chi connectivity index (χ1n) is 2.49. The zero-order valence-corrected chi connectivity index (χ0v) is 6.27. The van der Waals surface area contributed by atoms with E-state index in [1.807, 2.05) is 14.1 Å². The van der Waals surface area contributed by atoms with Crippen LogP contribution in [0.5, 0.6) is 0 Å². The van der Waals surface area contributed by atoms with E-state index < -0.39 is 5.97 Å². The van der Waals surface area contributed by atoms with Crippen molar-refractivity contribution in [3.05, 3.63) is 0 Å². The highest BCUT2D eigenvalue weighted by Crippen LogP contribution is 1.67. The van der Waals surface area contributed by atoms with Crippen molar-refractivity contribution in [1.29, 1.82) is 0 Å². The van der Waals surface area contributed by atoms with E-state index in [-0.39, 0.29) is 12.6 Å². The molecule has 58 valence electrons. The number of carboxylic acid groups (broad SMARTS) is 1. The molecule has 0 spiro atoms. The molecule has 0 aromatic rings. The lowest BCUT2D eigenvalue weighted by atomic mass is 10.5. The average molecular weight is 136 g/mol. The quantitative estimate of drug-likeness (QED) is 0.489. The first kappa shape index (κ1) is 15.8. The zero-order valence-electron chi connectivity index (χ0n) is 6.27. The molecule has 0 aliphatic rings. The normalized spacial score (nSPS) is 6.11. The van der Waals surface area contributed by atoms with Crippen molar-refractivity contribution in [2.75, 3.05) is 14.1 Å². The van der Waals surface area contributed by atoms with Crippen LogP contribution in [0.2, 0.25) is 0 Å². The fraction of sp³-hybridized carbons (Fsp3) is 0.800. The molecule has 4 nitrogen and oxygen atoms in total. The highest BCUT2D eigenvalue weighted by Gasteiger charge is 1.80. The topological polar surface area (TPSA) is 84.3 Å². The number of carboxylic acids is 1. The summed E-state index contributed by atoms with van der Waals surface area (Å²) < 4.78 is 0. The molecule has 0 saturated heterocycles. The van der Waals surface area contributed by atoms with Gasteiger partial charge in [-0.2, -0.15) is 0 Å². The minimum atomic E-state index is -0.745. The third-order valence-electron chi connectivity index (χ3n) is 0.302. The lowest BCUT2D eigenvalue weighted by Gasteiger charge is -1.71. The summed E-state index contributed by atoms with van der Waals surface area (Å²) in [4.78, 5) is 9.37. The van der Waals surface area contributed by atoms with Gasteiger partial charge in [0.05, 0.1) is 0 Å². The number of aliphatic carboxylic acids is 1. The molecule has 0 unspecified atom stereocenters. The summed E-state index contributed by atoms with van der Waals surface area (Å²) in [6.45, 7) is 1.60. The fourth-order valence-electron chi connectivity index (χ4n) is 0. The van der Waals surface area contributed by atoms with Crippen LogP contribution in [-0.4, -0.2) is 25.2 Å². The Morgan fingerprint density at radius 3 is 1.67 bits per heavy atom. The summed E-state index contributed by atoms with van der Waals surface area (Å²) in [7, 11) is 3.75. The van der Waals surface area contributed by atoms with Crippen molar-refractivity contribution in [1.82, 2.24) is 11.5 Å². The number of hydrogen-bond donors (Lipinski definition) is 3. The third kappa shape index (κ3) is 111.